The lowest BCUT2D eigenvalue weighted by Crippen LogP contribution is -2.54. The Hall–Kier alpha value is -3.92. The fourth-order valence-electron chi connectivity index (χ4n) is 4.72. The number of halogens is 3. The maximum atomic E-state index is 15.2. The molecule has 236 valence electrons. The fourth-order valence-corrected chi connectivity index (χ4v) is 6.68. The van der Waals surface area contributed by atoms with Gasteiger partial charge in [-0.2, -0.15) is 0 Å². The van der Waals surface area contributed by atoms with E-state index in [-0.39, 0.29) is 39.5 Å². The van der Waals surface area contributed by atoms with Crippen LogP contribution >= 0.6 is 23.2 Å². The molecule has 0 bridgehead atoms. The molecular weight excluding hydrogens is 636 g/mol. The molecule has 0 spiro atoms. The van der Waals surface area contributed by atoms with E-state index in [1.807, 2.05) is 44.2 Å². The summed E-state index contributed by atoms with van der Waals surface area (Å²) in [6.07, 6.45) is 0.115. The number of nitrogens with one attached hydrogen (secondary N) is 1. The topological polar surface area (TPSA) is 86.8 Å². The number of para-hydroxylation sites is 1. The van der Waals surface area contributed by atoms with E-state index in [1.165, 1.54) is 47.4 Å². The minimum absolute atomic E-state index is 0.115. The zero-order valence-corrected chi connectivity index (χ0v) is 27.2. The van der Waals surface area contributed by atoms with Crippen molar-refractivity contribution < 1.29 is 22.4 Å². The van der Waals surface area contributed by atoms with Gasteiger partial charge in [0.15, 0.2) is 0 Å². The standard InChI is InChI=1S/C34H34Cl2FN3O4S/c1-24(2)21-38-34(42)32(20-25-12-5-3-6-13-25)39(22-27-28(35)16-11-17-29(27)36)33(41)23-40(31-19-10-9-18-30(31)37)45(43,44)26-14-7-4-8-15-26/h3-19,24,32H,20-23H2,1-2H3,(H,38,42)/t32-/m0/s1. The van der Waals surface area contributed by atoms with E-state index in [0.717, 1.165) is 15.9 Å². The maximum Gasteiger partial charge on any atom is 0.264 e. The van der Waals surface area contributed by atoms with Crippen molar-refractivity contribution >= 4 is 50.7 Å². The van der Waals surface area contributed by atoms with E-state index >= 15 is 4.39 Å². The van der Waals surface area contributed by atoms with Crippen LogP contribution in [-0.4, -0.2) is 44.3 Å². The Morgan fingerprint density at radius 2 is 1.40 bits per heavy atom. The smallest absolute Gasteiger partial charge is 0.264 e. The highest BCUT2D eigenvalue weighted by Gasteiger charge is 2.36. The van der Waals surface area contributed by atoms with Crippen LogP contribution < -0.4 is 9.62 Å². The van der Waals surface area contributed by atoms with Gasteiger partial charge in [0.05, 0.1) is 10.6 Å². The van der Waals surface area contributed by atoms with Crippen LogP contribution in [0.3, 0.4) is 0 Å². The van der Waals surface area contributed by atoms with Crippen LogP contribution in [0.25, 0.3) is 0 Å². The quantitative estimate of drug-likeness (QED) is 0.171. The fraction of sp³-hybridized carbons (Fsp3) is 0.235. The van der Waals surface area contributed by atoms with E-state index in [9.17, 15) is 18.0 Å². The van der Waals surface area contributed by atoms with E-state index in [1.54, 1.807) is 24.3 Å². The number of benzene rings is 4. The third-order valence-corrected chi connectivity index (χ3v) is 9.56. The summed E-state index contributed by atoms with van der Waals surface area (Å²) in [5.41, 5.74) is 0.842. The third-order valence-electron chi connectivity index (χ3n) is 7.08. The van der Waals surface area contributed by atoms with Crippen molar-refractivity contribution in [2.75, 3.05) is 17.4 Å². The lowest BCUT2D eigenvalue weighted by atomic mass is 10.0. The lowest BCUT2D eigenvalue weighted by molar-refractivity contribution is -0.140. The molecule has 45 heavy (non-hydrogen) atoms. The molecule has 0 heterocycles. The molecule has 2 amide bonds. The second kappa shape index (κ2) is 15.4. The van der Waals surface area contributed by atoms with Gasteiger partial charge in [0, 0.05) is 35.1 Å². The first-order valence-electron chi connectivity index (χ1n) is 14.3. The Morgan fingerprint density at radius 3 is 2.00 bits per heavy atom. The number of amides is 2. The zero-order valence-electron chi connectivity index (χ0n) is 24.9. The second-order valence-corrected chi connectivity index (χ2v) is 13.5. The summed E-state index contributed by atoms with van der Waals surface area (Å²) in [5.74, 6) is -1.90. The number of nitrogens with zero attached hydrogens (tertiary/aromatic N) is 2. The monoisotopic (exact) mass is 669 g/mol. The lowest BCUT2D eigenvalue weighted by Gasteiger charge is -2.34. The normalized spacial score (nSPS) is 12.0. The first kappa shape index (κ1) is 34.0. The average Bonchev–Trinajstić information content (AvgIpc) is 3.02. The van der Waals surface area contributed by atoms with Gasteiger partial charge in [-0.15, -0.1) is 0 Å². The van der Waals surface area contributed by atoms with Gasteiger partial charge in [-0.1, -0.05) is 104 Å². The molecule has 4 rings (SSSR count). The number of hydrogen-bond donors (Lipinski definition) is 1. The van der Waals surface area contributed by atoms with Crippen LogP contribution in [0.1, 0.15) is 25.0 Å². The van der Waals surface area contributed by atoms with Gasteiger partial charge >= 0.3 is 0 Å². The summed E-state index contributed by atoms with van der Waals surface area (Å²) >= 11 is 13.0. The molecule has 0 radical (unpaired) electrons. The van der Waals surface area contributed by atoms with Crippen molar-refractivity contribution in [1.29, 1.82) is 0 Å². The van der Waals surface area contributed by atoms with Gasteiger partial charge in [-0.25, -0.2) is 12.8 Å². The van der Waals surface area contributed by atoms with Crippen LogP contribution in [0.4, 0.5) is 10.1 Å². The predicted octanol–water partition coefficient (Wildman–Crippen LogP) is 6.74. The molecule has 4 aromatic rings. The number of hydrogen-bond acceptors (Lipinski definition) is 4. The SMILES string of the molecule is CC(C)CNC(=O)[C@H](Cc1ccccc1)N(Cc1c(Cl)cccc1Cl)C(=O)CN(c1ccccc1F)S(=O)(=O)c1ccccc1. The zero-order chi connectivity index (χ0) is 32.6. The predicted molar refractivity (Wildman–Crippen MR) is 176 cm³/mol. The van der Waals surface area contributed by atoms with Crippen LogP contribution in [0.2, 0.25) is 10.0 Å². The van der Waals surface area contributed by atoms with Gasteiger partial charge in [0.2, 0.25) is 11.8 Å². The first-order chi connectivity index (χ1) is 21.5. The van der Waals surface area contributed by atoms with Gasteiger partial charge < -0.3 is 10.2 Å². The molecule has 0 saturated carbocycles. The number of sulfonamides is 1. The molecule has 0 aliphatic rings. The minimum atomic E-state index is -4.43. The molecule has 1 N–H and O–H groups in total. The van der Waals surface area contributed by atoms with E-state index < -0.39 is 40.2 Å². The molecule has 1 atom stereocenters. The maximum absolute atomic E-state index is 15.2. The molecular formula is C34H34Cl2FN3O4S. The Kier molecular flexibility index (Phi) is 11.6. The highest BCUT2D eigenvalue weighted by atomic mass is 35.5. The van der Waals surface area contributed by atoms with Crippen molar-refractivity contribution in [2.24, 2.45) is 5.92 Å². The Bertz CT molecular complexity index is 1700. The van der Waals surface area contributed by atoms with Gasteiger partial charge in [-0.3, -0.25) is 13.9 Å². The number of anilines is 1. The summed E-state index contributed by atoms with van der Waals surface area (Å²) in [6, 6.07) is 25.7. The van der Waals surface area contributed by atoms with E-state index in [4.69, 9.17) is 23.2 Å². The van der Waals surface area contributed by atoms with Gasteiger partial charge in [0.25, 0.3) is 10.0 Å². The molecule has 0 aliphatic carbocycles. The highest BCUT2D eigenvalue weighted by Crippen LogP contribution is 2.30. The van der Waals surface area contributed by atoms with E-state index in [0.29, 0.717) is 12.1 Å². The molecule has 0 aromatic heterocycles. The molecule has 0 fully saturated rings. The number of rotatable bonds is 13. The van der Waals surface area contributed by atoms with Crippen LogP contribution in [-0.2, 0) is 32.6 Å². The van der Waals surface area contributed by atoms with Crippen LogP contribution in [0.5, 0.6) is 0 Å². The summed E-state index contributed by atoms with van der Waals surface area (Å²) < 4.78 is 43.8. The second-order valence-electron chi connectivity index (χ2n) is 10.8. The minimum Gasteiger partial charge on any atom is -0.354 e. The molecule has 11 heteroatoms. The largest absolute Gasteiger partial charge is 0.354 e. The van der Waals surface area contributed by atoms with Crippen molar-refractivity contribution in [1.82, 2.24) is 10.2 Å². The van der Waals surface area contributed by atoms with Crippen molar-refractivity contribution in [3.8, 4) is 0 Å². The summed E-state index contributed by atoms with van der Waals surface area (Å²) in [7, 11) is -4.43. The van der Waals surface area contributed by atoms with Crippen LogP contribution in [0, 0.1) is 11.7 Å². The number of carbonyl (C=O) groups is 2. The molecule has 7 nitrogen and oxygen atoms in total. The van der Waals surface area contributed by atoms with Crippen LogP contribution in [0.15, 0.2) is 108 Å². The summed E-state index contributed by atoms with van der Waals surface area (Å²) in [6.45, 7) is 3.23. The first-order valence-corrected chi connectivity index (χ1v) is 16.5. The van der Waals surface area contributed by atoms with Crippen molar-refractivity contribution in [3.63, 3.8) is 0 Å². The Balaban J connectivity index is 1.84. The summed E-state index contributed by atoms with van der Waals surface area (Å²) in [5, 5.41) is 3.45. The third kappa shape index (κ3) is 8.63. The van der Waals surface area contributed by atoms with Gasteiger partial charge in [0.1, 0.15) is 18.4 Å². The average molecular weight is 671 g/mol. The molecule has 0 saturated heterocycles. The van der Waals surface area contributed by atoms with Gasteiger partial charge in [-0.05, 0) is 47.9 Å². The Labute approximate surface area is 273 Å². The Morgan fingerprint density at radius 1 is 0.822 bits per heavy atom. The van der Waals surface area contributed by atoms with E-state index in [2.05, 4.69) is 5.32 Å². The highest BCUT2D eigenvalue weighted by molar-refractivity contribution is 7.92. The molecule has 0 unspecified atom stereocenters. The summed E-state index contributed by atoms with van der Waals surface area (Å²) in [4.78, 5) is 29.4. The molecule has 4 aromatic carbocycles. The number of carbonyl (C=O) groups excluding carboxylic acids is 2. The molecule has 0 aliphatic heterocycles. The van der Waals surface area contributed by atoms with Crippen molar-refractivity contribution in [2.45, 2.75) is 37.8 Å². The van der Waals surface area contributed by atoms with Crippen molar-refractivity contribution in [3.05, 3.63) is 130 Å².